The fourth-order valence-electron chi connectivity index (χ4n) is 4.39. The maximum atomic E-state index is 11.3. The van der Waals surface area contributed by atoms with E-state index >= 15 is 0 Å². The van der Waals surface area contributed by atoms with Crippen LogP contribution in [0.1, 0.15) is 27.7 Å². The summed E-state index contributed by atoms with van der Waals surface area (Å²) in [5, 5.41) is 25.9. The average Bonchev–Trinajstić information content (AvgIpc) is 2.73. The van der Waals surface area contributed by atoms with Gasteiger partial charge in [-0.05, 0) is 15.4 Å². The molecule has 7 heteroatoms. The first-order valence-corrected chi connectivity index (χ1v) is 12.6. The van der Waals surface area contributed by atoms with Gasteiger partial charge in [0.25, 0.3) is 8.32 Å². The summed E-state index contributed by atoms with van der Waals surface area (Å²) in [5.74, 6) is -0.276. The van der Waals surface area contributed by atoms with E-state index in [0.29, 0.717) is 0 Å². The third-order valence-corrected chi connectivity index (χ3v) is 10.9. The quantitative estimate of drug-likeness (QED) is 0.584. The molecule has 0 bridgehead atoms. The minimum atomic E-state index is -2.77. The van der Waals surface area contributed by atoms with Crippen molar-refractivity contribution in [1.82, 2.24) is 5.32 Å². The zero-order valence-electron chi connectivity index (χ0n) is 18.6. The lowest BCUT2D eigenvalue weighted by Crippen LogP contribution is -2.68. The molecule has 1 aliphatic rings. The van der Waals surface area contributed by atoms with E-state index in [9.17, 15) is 15.0 Å². The highest BCUT2D eigenvalue weighted by Gasteiger charge is 2.51. The Labute approximate surface area is 185 Å². The number of hydrogen-bond acceptors (Lipinski definition) is 5. The molecule has 2 aromatic carbocycles. The van der Waals surface area contributed by atoms with Crippen LogP contribution in [0, 0.1) is 0 Å². The smallest absolute Gasteiger partial charge is 0.261 e. The fourth-order valence-corrected chi connectivity index (χ4v) is 8.96. The van der Waals surface area contributed by atoms with Gasteiger partial charge in [-0.15, -0.1) is 0 Å². The molecule has 168 valence electrons. The van der Waals surface area contributed by atoms with E-state index in [-0.39, 0.29) is 24.2 Å². The molecule has 1 heterocycles. The molecular formula is C24H33NO5Si. The molecule has 1 amide bonds. The minimum Gasteiger partial charge on any atom is -0.405 e. The van der Waals surface area contributed by atoms with E-state index < -0.39 is 32.7 Å². The monoisotopic (exact) mass is 443 g/mol. The number of amides is 1. The number of aliphatic hydroxyl groups excluding tert-OH is 2. The highest BCUT2D eigenvalue weighted by molar-refractivity contribution is 6.99. The predicted molar refractivity (Wildman–Crippen MR) is 123 cm³/mol. The van der Waals surface area contributed by atoms with E-state index in [4.69, 9.17) is 9.16 Å². The first kappa shape index (κ1) is 23.6. The number of carbonyl (C=O) groups excluding carboxylic acids is 1. The van der Waals surface area contributed by atoms with E-state index in [0.717, 1.165) is 10.4 Å². The Kier molecular flexibility index (Phi) is 7.34. The van der Waals surface area contributed by atoms with Crippen molar-refractivity contribution in [3.63, 3.8) is 0 Å². The van der Waals surface area contributed by atoms with Crippen LogP contribution < -0.4 is 15.7 Å². The molecule has 0 radical (unpaired) electrons. The summed E-state index contributed by atoms with van der Waals surface area (Å²) in [7, 11) is -2.77. The third kappa shape index (κ3) is 4.91. The number of rotatable bonds is 6. The van der Waals surface area contributed by atoms with Crippen molar-refractivity contribution in [2.45, 2.75) is 57.1 Å². The van der Waals surface area contributed by atoms with Crippen molar-refractivity contribution in [2.75, 3.05) is 13.2 Å². The van der Waals surface area contributed by atoms with E-state index in [1.54, 1.807) is 0 Å². The molecule has 1 aliphatic heterocycles. The molecule has 3 rings (SSSR count). The molecule has 4 atom stereocenters. The normalized spacial score (nSPS) is 24.6. The highest BCUT2D eigenvalue weighted by Crippen LogP contribution is 2.37. The minimum absolute atomic E-state index is 0.118. The zero-order valence-corrected chi connectivity index (χ0v) is 19.6. The first-order valence-electron chi connectivity index (χ1n) is 10.7. The number of benzene rings is 2. The summed E-state index contributed by atoms with van der Waals surface area (Å²) < 4.78 is 12.6. The Morgan fingerprint density at radius 2 is 1.55 bits per heavy atom. The van der Waals surface area contributed by atoms with Crippen LogP contribution in [0.2, 0.25) is 5.04 Å². The van der Waals surface area contributed by atoms with E-state index in [1.807, 2.05) is 36.4 Å². The molecule has 1 fully saturated rings. The van der Waals surface area contributed by atoms with E-state index in [1.165, 1.54) is 6.92 Å². The Hall–Kier alpha value is -2.03. The summed E-state index contributed by atoms with van der Waals surface area (Å²) in [6.07, 6.45) is -2.98. The molecule has 0 spiro atoms. The second-order valence-electron chi connectivity index (χ2n) is 9.13. The molecule has 31 heavy (non-hydrogen) atoms. The summed E-state index contributed by atoms with van der Waals surface area (Å²) in [6.45, 7) is 8.17. The summed E-state index contributed by atoms with van der Waals surface area (Å²) in [4.78, 5) is 11.3. The standard InChI is InChI=1S/C24H33NO5Si/c1-17(26)25-20-15-29-21(23(28)22(20)27)16-30-31(24(2,3)4,18-11-7-5-8-12-18)19-13-9-6-10-14-19/h5-14,20-23,27-28H,15-16H2,1-4H3,(H,25,26)/t20-,21+,22+,23-/m0/s1. The van der Waals surface area contributed by atoms with Gasteiger partial charge in [-0.3, -0.25) is 4.79 Å². The third-order valence-electron chi connectivity index (χ3n) is 5.90. The second kappa shape index (κ2) is 9.63. The summed E-state index contributed by atoms with van der Waals surface area (Å²) >= 11 is 0. The lowest BCUT2D eigenvalue weighted by molar-refractivity contribution is -0.162. The summed E-state index contributed by atoms with van der Waals surface area (Å²) in [6, 6.07) is 19.8. The molecule has 0 aliphatic carbocycles. The number of nitrogens with one attached hydrogen (secondary N) is 1. The Bertz CT molecular complexity index is 816. The van der Waals surface area contributed by atoms with Crippen molar-refractivity contribution in [3.8, 4) is 0 Å². The van der Waals surface area contributed by atoms with Crippen molar-refractivity contribution < 1.29 is 24.2 Å². The topological polar surface area (TPSA) is 88.0 Å². The van der Waals surface area contributed by atoms with Crippen LogP contribution in [0.4, 0.5) is 0 Å². The number of ether oxygens (including phenoxy) is 1. The van der Waals surface area contributed by atoms with Gasteiger partial charge in [0, 0.05) is 6.92 Å². The summed E-state index contributed by atoms with van der Waals surface area (Å²) in [5.41, 5.74) is 0. The Morgan fingerprint density at radius 3 is 2.00 bits per heavy atom. The van der Waals surface area contributed by atoms with Gasteiger partial charge in [-0.2, -0.15) is 0 Å². The Morgan fingerprint density at radius 1 is 1.03 bits per heavy atom. The number of carbonyl (C=O) groups is 1. The maximum absolute atomic E-state index is 11.3. The van der Waals surface area contributed by atoms with Gasteiger partial charge in [-0.1, -0.05) is 81.4 Å². The van der Waals surface area contributed by atoms with Gasteiger partial charge in [0.2, 0.25) is 5.91 Å². The van der Waals surface area contributed by atoms with Crippen LogP contribution in [0.15, 0.2) is 60.7 Å². The Balaban J connectivity index is 1.91. The first-order chi connectivity index (χ1) is 14.7. The van der Waals surface area contributed by atoms with Crippen LogP contribution in [0.5, 0.6) is 0 Å². The molecule has 2 aromatic rings. The van der Waals surface area contributed by atoms with Crippen LogP contribution in [-0.2, 0) is 14.0 Å². The van der Waals surface area contributed by atoms with Gasteiger partial charge >= 0.3 is 0 Å². The van der Waals surface area contributed by atoms with Crippen molar-refractivity contribution >= 4 is 24.6 Å². The van der Waals surface area contributed by atoms with Crippen molar-refractivity contribution in [3.05, 3.63) is 60.7 Å². The molecule has 1 saturated heterocycles. The van der Waals surface area contributed by atoms with Crippen LogP contribution >= 0.6 is 0 Å². The predicted octanol–water partition coefficient (Wildman–Crippen LogP) is 1.19. The molecule has 0 aromatic heterocycles. The lowest BCUT2D eigenvalue weighted by Gasteiger charge is -2.45. The van der Waals surface area contributed by atoms with Gasteiger partial charge in [0.1, 0.15) is 18.3 Å². The molecular weight excluding hydrogens is 410 g/mol. The van der Waals surface area contributed by atoms with Gasteiger partial charge in [0.15, 0.2) is 0 Å². The van der Waals surface area contributed by atoms with Gasteiger partial charge < -0.3 is 24.7 Å². The molecule has 0 saturated carbocycles. The SMILES string of the molecule is CC(=O)N[C@H]1CO[C@H](CO[Si](c2ccccc2)(c2ccccc2)C(C)(C)C)[C@H](O)[C@@H]1O. The van der Waals surface area contributed by atoms with E-state index in [2.05, 4.69) is 50.4 Å². The largest absolute Gasteiger partial charge is 0.405 e. The average molecular weight is 444 g/mol. The molecule has 0 unspecified atom stereocenters. The lowest BCUT2D eigenvalue weighted by atomic mass is 9.98. The fraction of sp³-hybridized carbons (Fsp3) is 0.458. The van der Waals surface area contributed by atoms with Crippen LogP contribution in [0.25, 0.3) is 0 Å². The van der Waals surface area contributed by atoms with Crippen molar-refractivity contribution in [2.24, 2.45) is 0 Å². The van der Waals surface area contributed by atoms with Crippen LogP contribution in [-0.4, -0.2) is 62.0 Å². The zero-order chi connectivity index (χ0) is 22.6. The molecule has 3 N–H and O–H groups in total. The van der Waals surface area contributed by atoms with Gasteiger partial charge in [-0.25, -0.2) is 0 Å². The molecule has 6 nitrogen and oxygen atoms in total. The van der Waals surface area contributed by atoms with Crippen molar-refractivity contribution in [1.29, 1.82) is 0 Å². The highest BCUT2D eigenvalue weighted by atomic mass is 28.4. The number of aliphatic hydroxyl groups is 2. The van der Waals surface area contributed by atoms with Crippen LogP contribution in [0.3, 0.4) is 0 Å². The number of hydrogen-bond donors (Lipinski definition) is 3. The second-order valence-corrected chi connectivity index (χ2v) is 13.4. The maximum Gasteiger partial charge on any atom is 0.261 e. The van der Waals surface area contributed by atoms with Gasteiger partial charge in [0.05, 0.1) is 19.3 Å².